The second-order valence-corrected chi connectivity index (χ2v) is 8.35. The first-order valence-corrected chi connectivity index (χ1v) is 10.7. The van der Waals surface area contributed by atoms with Gasteiger partial charge in [-0.3, -0.25) is 14.5 Å². The van der Waals surface area contributed by atoms with E-state index in [0.29, 0.717) is 23.8 Å². The second kappa shape index (κ2) is 9.41. The number of likely N-dealkylation sites (tertiary alicyclic amines) is 1. The van der Waals surface area contributed by atoms with Crippen molar-refractivity contribution in [2.24, 2.45) is 5.92 Å². The molecule has 6 nitrogen and oxygen atoms in total. The number of rotatable bonds is 7. The third-order valence-corrected chi connectivity index (χ3v) is 5.91. The van der Waals surface area contributed by atoms with Crippen LogP contribution in [0.5, 0.6) is 0 Å². The second-order valence-electron chi connectivity index (χ2n) is 8.35. The number of aliphatic hydroxyl groups excluding tert-OH is 1. The molecule has 2 aromatic carbocycles. The normalized spacial score (nSPS) is 18.6. The Hall–Kier alpha value is -2.70. The smallest absolute Gasteiger partial charge is 0.251 e. The van der Waals surface area contributed by atoms with Crippen LogP contribution in [0.4, 0.5) is 5.69 Å². The molecule has 30 heavy (non-hydrogen) atoms. The van der Waals surface area contributed by atoms with Crippen LogP contribution in [0.2, 0.25) is 0 Å². The van der Waals surface area contributed by atoms with E-state index in [1.807, 2.05) is 30.3 Å². The minimum absolute atomic E-state index is 0.0863. The van der Waals surface area contributed by atoms with Crippen molar-refractivity contribution in [3.63, 3.8) is 0 Å². The van der Waals surface area contributed by atoms with Gasteiger partial charge in [-0.25, -0.2) is 0 Å². The molecule has 0 aromatic heterocycles. The Morgan fingerprint density at radius 3 is 2.43 bits per heavy atom. The van der Waals surface area contributed by atoms with Crippen molar-refractivity contribution in [3.05, 3.63) is 65.7 Å². The van der Waals surface area contributed by atoms with Crippen LogP contribution in [0.15, 0.2) is 54.6 Å². The van der Waals surface area contributed by atoms with E-state index in [9.17, 15) is 14.7 Å². The maximum Gasteiger partial charge on any atom is 0.251 e. The number of carbonyl (C=O) groups excluding carboxylic acids is 2. The molecular weight excluding hydrogens is 378 g/mol. The third kappa shape index (κ3) is 5.46. The maximum atomic E-state index is 12.5. The zero-order valence-corrected chi connectivity index (χ0v) is 17.1. The number of piperidine rings is 1. The molecular formula is C24H29N3O3. The number of nitrogens with one attached hydrogen (secondary N) is 2. The van der Waals surface area contributed by atoms with Gasteiger partial charge in [-0.2, -0.15) is 0 Å². The number of carbonyl (C=O) groups is 2. The lowest BCUT2D eigenvalue weighted by Crippen LogP contribution is -2.40. The molecule has 1 saturated heterocycles. The number of anilines is 1. The number of nitrogens with zero attached hydrogens (tertiary/aromatic N) is 1. The molecule has 2 amide bonds. The highest BCUT2D eigenvalue weighted by atomic mass is 16.3. The van der Waals surface area contributed by atoms with Crippen molar-refractivity contribution < 1.29 is 14.7 Å². The Morgan fingerprint density at radius 1 is 1.00 bits per heavy atom. The van der Waals surface area contributed by atoms with Gasteiger partial charge in [0.1, 0.15) is 0 Å². The molecule has 2 fully saturated rings. The van der Waals surface area contributed by atoms with E-state index in [1.165, 1.54) is 0 Å². The van der Waals surface area contributed by atoms with Crippen molar-refractivity contribution >= 4 is 17.5 Å². The molecule has 0 spiro atoms. The average molecular weight is 408 g/mol. The van der Waals surface area contributed by atoms with Crippen LogP contribution in [0.1, 0.15) is 47.7 Å². The molecule has 6 heteroatoms. The fourth-order valence-electron chi connectivity index (χ4n) is 3.99. The van der Waals surface area contributed by atoms with Crippen LogP contribution in [0.3, 0.4) is 0 Å². The highest BCUT2D eigenvalue weighted by Gasteiger charge is 2.27. The van der Waals surface area contributed by atoms with Crippen molar-refractivity contribution in [1.82, 2.24) is 10.2 Å². The molecule has 158 valence electrons. The number of amides is 2. The number of hydrogen-bond acceptors (Lipinski definition) is 4. The highest BCUT2D eigenvalue weighted by molar-refractivity contribution is 5.97. The van der Waals surface area contributed by atoms with Gasteiger partial charge in [-0.15, -0.1) is 0 Å². The molecule has 1 heterocycles. The summed E-state index contributed by atoms with van der Waals surface area (Å²) in [4.78, 5) is 26.8. The van der Waals surface area contributed by atoms with Gasteiger partial charge in [-0.05, 0) is 68.5 Å². The van der Waals surface area contributed by atoms with Gasteiger partial charge >= 0.3 is 0 Å². The Kier molecular flexibility index (Phi) is 6.45. The van der Waals surface area contributed by atoms with Crippen LogP contribution in [0.25, 0.3) is 0 Å². The van der Waals surface area contributed by atoms with Gasteiger partial charge < -0.3 is 15.7 Å². The van der Waals surface area contributed by atoms with Crippen molar-refractivity contribution in [2.45, 2.75) is 37.8 Å². The van der Waals surface area contributed by atoms with Gasteiger partial charge in [0, 0.05) is 17.3 Å². The van der Waals surface area contributed by atoms with E-state index in [-0.39, 0.29) is 17.7 Å². The van der Waals surface area contributed by atoms with E-state index in [0.717, 1.165) is 44.3 Å². The van der Waals surface area contributed by atoms with Crippen LogP contribution in [0, 0.1) is 5.92 Å². The van der Waals surface area contributed by atoms with E-state index >= 15 is 0 Å². The molecule has 4 rings (SSSR count). The molecule has 2 aliphatic rings. The van der Waals surface area contributed by atoms with Gasteiger partial charge in [0.15, 0.2) is 0 Å². The lowest BCUT2D eigenvalue weighted by atomic mass is 9.87. The van der Waals surface area contributed by atoms with Gasteiger partial charge in [0.05, 0.1) is 12.6 Å². The zero-order valence-electron chi connectivity index (χ0n) is 17.1. The van der Waals surface area contributed by atoms with E-state index in [2.05, 4.69) is 15.5 Å². The average Bonchev–Trinajstić information content (AvgIpc) is 3.58. The summed E-state index contributed by atoms with van der Waals surface area (Å²) < 4.78 is 0. The summed E-state index contributed by atoms with van der Waals surface area (Å²) >= 11 is 0. The Balaban J connectivity index is 1.24. The van der Waals surface area contributed by atoms with E-state index < -0.39 is 6.10 Å². The quantitative estimate of drug-likeness (QED) is 0.659. The topological polar surface area (TPSA) is 81.7 Å². The molecule has 0 radical (unpaired) electrons. The lowest BCUT2D eigenvalue weighted by molar-refractivity contribution is -0.117. The molecule has 0 unspecified atom stereocenters. The molecule has 1 atom stereocenters. The highest BCUT2D eigenvalue weighted by Crippen LogP contribution is 2.30. The first-order valence-electron chi connectivity index (χ1n) is 10.7. The van der Waals surface area contributed by atoms with E-state index in [1.54, 1.807) is 24.3 Å². The van der Waals surface area contributed by atoms with Gasteiger partial charge in [0.2, 0.25) is 5.91 Å². The van der Waals surface area contributed by atoms with Crippen LogP contribution >= 0.6 is 0 Å². The summed E-state index contributed by atoms with van der Waals surface area (Å²) in [6, 6.07) is 17.1. The first kappa shape index (κ1) is 20.6. The van der Waals surface area contributed by atoms with Crippen molar-refractivity contribution in [2.75, 3.05) is 25.0 Å². The molecule has 0 bridgehead atoms. The Morgan fingerprint density at radius 2 is 1.73 bits per heavy atom. The fourth-order valence-corrected chi connectivity index (χ4v) is 3.99. The summed E-state index contributed by atoms with van der Waals surface area (Å²) in [6.45, 7) is 1.88. The Labute approximate surface area is 177 Å². The van der Waals surface area contributed by atoms with Gasteiger partial charge in [0.25, 0.3) is 5.91 Å². The molecule has 1 saturated carbocycles. The summed E-state index contributed by atoms with van der Waals surface area (Å²) in [5, 5.41) is 16.5. The fraction of sp³-hybridized carbons (Fsp3) is 0.417. The Bertz CT molecular complexity index is 874. The first-order chi connectivity index (χ1) is 14.6. The van der Waals surface area contributed by atoms with Crippen LogP contribution in [-0.4, -0.2) is 47.5 Å². The monoisotopic (exact) mass is 407 g/mol. The summed E-state index contributed by atoms with van der Waals surface area (Å²) in [7, 11) is 0. The molecule has 2 aromatic rings. The standard InChI is InChI=1S/C24H29N3O3/c28-22(25-21-8-4-7-19(15-21)24(30)26-20-9-10-20)16-27-13-11-18(12-14-27)23(29)17-5-2-1-3-6-17/h1-8,15,18,20,23,29H,9-14,16H2,(H,25,28)(H,26,30)/t23-/m0/s1. The summed E-state index contributed by atoms with van der Waals surface area (Å²) in [5.41, 5.74) is 2.16. The predicted molar refractivity (Wildman–Crippen MR) is 116 cm³/mol. The van der Waals surface area contributed by atoms with Crippen molar-refractivity contribution in [3.8, 4) is 0 Å². The minimum atomic E-state index is -0.452. The third-order valence-electron chi connectivity index (χ3n) is 5.91. The SMILES string of the molecule is O=C(CN1CCC([C@@H](O)c2ccccc2)CC1)Nc1cccc(C(=O)NC2CC2)c1. The molecule has 1 aliphatic carbocycles. The van der Waals surface area contributed by atoms with E-state index in [4.69, 9.17) is 0 Å². The zero-order chi connectivity index (χ0) is 20.9. The van der Waals surface area contributed by atoms with Gasteiger partial charge in [-0.1, -0.05) is 36.4 Å². The number of benzene rings is 2. The molecule has 1 aliphatic heterocycles. The lowest BCUT2D eigenvalue weighted by Gasteiger charge is -2.34. The predicted octanol–water partition coefficient (Wildman–Crippen LogP) is 2.96. The minimum Gasteiger partial charge on any atom is -0.388 e. The number of aliphatic hydroxyl groups is 1. The summed E-state index contributed by atoms with van der Waals surface area (Å²) in [5.74, 6) is 0.0397. The van der Waals surface area contributed by atoms with Crippen LogP contribution in [-0.2, 0) is 4.79 Å². The summed E-state index contributed by atoms with van der Waals surface area (Å²) in [6.07, 6.45) is 3.36. The maximum absolute atomic E-state index is 12.5. The molecule has 3 N–H and O–H groups in total. The van der Waals surface area contributed by atoms with Crippen molar-refractivity contribution in [1.29, 1.82) is 0 Å². The number of hydrogen-bond donors (Lipinski definition) is 3. The largest absolute Gasteiger partial charge is 0.388 e. The van der Waals surface area contributed by atoms with Crippen LogP contribution < -0.4 is 10.6 Å².